The number of aromatic hydroxyl groups is 2. The molecular formula is C16H24O7. The summed E-state index contributed by atoms with van der Waals surface area (Å²) in [6.07, 6.45) is 0. The monoisotopic (exact) mass is 328 g/mol. The van der Waals surface area contributed by atoms with Gasteiger partial charge in [0, 0.05) is 17.2 Å². The third-order valence-electron chi connectivity index (χ3n) is 3.28. The van der Waals surface area contributed by atoms with Crippen molar-refractivity contribution in [2.24, 2.45) is 0 Å². The summed E-state index contributed by atoms with van der Waals surface area (Å²) in [5, 5.41) is 19.7. The Balaban J connectivity index is 1.92. The van der Waals surface area contributed by atoms with Gasteiger partial charge in [0.25, 0.3) is 0 Å². The van der Waals surface area contributed by atoms with Crippen molar-refractivity contribution in [2.75, 3.05) is 52.9 Å². The average Bonchev–Trinajstić information content (AvgIpc) is 2.53. The van der Waals surface area contributed by atoms with Gasteiger partial charge in [0.05, 0.1) is 66.1 Å². The van der Waals surface area contributed by atoms with E-state index in [0.717, 1.165) is 0 Å². The third-order valence-corrected chi connectivity index (χ3v) is 3.28. The maximum absolute atomic E-state index is 9.86. The van der Waals surface area contributed by atoms with Gasteiger partial charge in [0.1, 0.15) is 11.5 Å². The van der Waals surface area contributed by atoms with Crippen LogP contribution in [-0.4, -0.2) is 63.1 Å². The predicted octanol–water partition coefficient (Wildman–Crippen LogP) is 1.19. The molecule has 1 aromatic rings. The average molecular weight is 328 g/mol. The van der Waals surface area contributed by atoms with E-state index in [-0.39, 0.29) is 24.7 Å². The van der Waals surface area contributed by atoms with Crippen LogP contribution in [0.25, 0.3) is 0 Å². The van der Waals surface area contributed by atoms with E-state index in [1.54, 1.807) is 6.07 Å². The van der Waals surface area contributed by atoms with Crippen molar-refractivity contribution in [3.05, 3.63) is 23.3 Å². The van der Waals surface area contributed by atoms with E-state index in [0.29, 0.717) is 64.0 Å². The summed E-state index contributed by atoms with van der Waals surface area (Å²) in [5.74, 6) is -0.00314. The molecule has 1 heterocycles. The number of phenolic OH excluding ortho intramolecular Hbond substituents is 2. The molecule has 2 rings (SSSR count). The van der Waals surface area contributed by atoms with Crippen molar-refractivity contribution in [1.29, 1.82) is 0 Å². The first-order valence-electron chi connectivity index (χ1n) is 7.70. The molecule has 0 fully saturated rings. The number of hydrogen-bond donors (Lipinski definition) is 2. The lowest BCUT2D eigenvalue weighted by atomic mass is 10.1. The second-order valence-corrected chi connectivity index (χ2v) is 5.05. The molecule has 1 aliphatic heterocycles. The number of benzene rings is 1. The minimum Gasteiger partial charge on any atom is -0.507 e. The minimum atomic E-state index is -0.00157. The Morgan fingerprint density at radius 3 is 1.26 bits per heavy atom. The van der Waals surface area contributed by atoms with Gasteiger partial charge in [0.15, 0.2) is 0 Å². The molecule has 2 N–H and O–H groups in total. The number of phenols is 2. The highest BCUT2D eigenvalue weighted by molar-refractivity contribution is 5.44. The van der Waals surface area contributed by atoms with Gasteiger partial charge in [-0.1, -0.05) is 0 Å². The van der Waals surface area contributed by atoms with Crippen LogP contribution in [0.3, 0.4) is 0 Å². The Hall–Kier alpha value is -1.38. The van der Waals surface area contributed by atoms with E-state index < -0.39 is 0 Å². The van der Waals surface area contributed by atoms with Gasteiger partial charge < -0.3 is 33.9 Å². The molecule has 0 saturated carbocycles. The van der Waals surface area contributed by atoms with Crippen LogP contribution in [0.1, 0.15) is 11.1 Å². The Bertz CT molecular complexity index is 427. The Labute approximate surface area is 135 Å². The van der Waals surface area contributed by atoms with Crippen LogP contribution in [0.2, 0.25) is 0 Å². The molecule has 0 spiro atoms. The van der Waals surface area contributed by atoms with E-state index >= 15 is 0 Å². The van der Waals surface area contributed by atoms with Gasteiger partial charge in [-0.15, -0.1) is 0 Å². The zero-order valence-corrected chi connectivity index (χ0v) is 13.2. The van der Waals surface area contributed by atoms with Crippen molar-refractivity contribution < 1.29 is 33.9 Å². The van der Waals surface area contributed by atoms with Crippen LogP contribution < -0.4 is 0 Å². The molecule has 7 heteroatoms. The van der Waals surface area contributed by atoms with Crippen LogP contribution in [0.5, 0.6) is 11.5 Å². The summed E-state index contributed by atoms with van der Waals surface area (Å²) < 4.78 is 27.0. The highest BCUT2D eigenvalue weighted by atomic mass is 16.6. The lowest BCUT2D eigenvalue weighted by Gasteiger charge is -2.12. The summed E-state index contributed by atoms with van der Waals surface area (Å²) in [6, 6.07) is 2.99. The Kier molecular flexibility index (Phi) is 8.13. The molecular weight excluding hydrogens is 304 g/mol. The first kappa shape index (κ1) is 18.0. The fourth-order valence-electron chi connectivity index (χ4n) is 2.05. The number of rotatable bonds is 0. The molecule has 2 bridgehead atoms. The lowest BCUT2D eigenvalue weighted by molar-refractivity contribution is -0.0146. The minimum absolute atomic E-state index is 0.00157. The number of hydrogen-bond acceptors (Lipinski definition) is 7. The second kappa shape index (κ2) is 10.4. The Morgan fingerprint density at radius 1 is 0.522 bits per heavy atom. The van der Waals surface area contributed by atoms with Crippen LogP contribution in [0.4, 0.5) is 0 Å². The summed E-state index contributed by atoms with van der Waals surface area (Å²) in [6.45, 7) is 4.24. The number of ether oxygens (including phenoxy) is 5. The molecule has 0 amide bonds. The molecule has 1 aromatic carbocycles. The molecule has 0 radical (unpaired) electrons. The smallest absolute Gasteiger partial charge is 0.124 e. The van der Waals surface area contributed by atoms with Crippen LogP contribution in [-0.2, 0) is 36.9 Å². The van der Waals surface area contributed by atoms with E-state index in [1.165, 1.54) is 6.07 Å². The molecule has 0 aromatic heterocycles. The van der Waals surface area contributed by atoms with E-state index in [2.05, 4.69) is 0 Å². The van der Waals surface area contributed by atoms with E-state index in [9.17, 15) is 10.2 Å². The summed E-state index contributed by atoms with van der Waals surface area (Å²) in [7, 11) is 0. The van der Waals surface area contributed by atoms with Crippen molar-refractivity contribution in [2.45, 2.75) is 13.2 Å². The highest BCUT2D eigenvalue weighted by Crippen LogP contribution is 2.28. The SMILES string of the molecule is Oc1cc(O)c2cc1COCCOCCOCCOCCOC2. The molecule has 0 aliphatic carbocycles. The Morgan fingerprint density at radius 2 is 0.870 bits per heavy atom. The fourth-order valence-corrected chi connectivity index (χ4v) is 2.05. The van der Waals surface area contributed by atoms with Crippen molar-refractivity contribution in [3.8, 4) is 11.5 Å². The topological polar surface area (TPSA) is 86.6 Å². The molecule has 0 saturated heterocycles. The van der Waals surface area contributed by atoms with Gasteiger partial charge in [-0.25, -0.2) is 0 Å². The van der Waals surface area contributed by atoms with E-state index in [4.69, 9.17) is 23.7 Å². The maximum Gasteiger partial charge on any atom is 0.124 e. The summed E-state index contributed by atoms with van der Waals surface area (Å²) in [5.41, 5.74) is 1.20. The molecule has 130 valence electrons. The second-order valence-electron chi connectivity index (χ2n) is 5.05. The normalized spacial score (nSPS) is 19.7. The van der Waals surface area contributed by atoms with Crippen LogP contribution in [0, 0.1) is 0 Å². The lowest BCUT2D eigenvalue weighted by Crippen LogP contribution is -2.13. The van der Waals surface area contributed by atoms with Gasteiger partial charge in [0.2, 0.25) is 0 Å². The zero-order valence-electron chi connectivity index (χ0n) is 13.2. The quantitative estimate of drug-likeness (QED) is 0.740. The predicted molar refractivity (Wildman–Crippen MR) is 81.5 cm³/mol. The van der Waals surface area contributed by atoms with Crippen molar-refractivity contribution in [1.82, 2.24) is 0 Å². The van der Waals surface area contributed by atoms with Gasteiger partial charge in [-0.05, 0) is 6.07 Å². The van der Waals surface area contributed by atoms with Gasteiger partial charge in [-0.3, -0.25) is 0 Å². The van der Waals surface area contributed by atoms with Crippen LogP contribution in [0.15, 0.2) is 12.1 Å². The molecule has 0 atom stereocenters. The zero-order chi connectivity index (χ0) is 16.3. The standard InChI is InChI=1S/C16H24O7/c17-15-10-16(18)14-9-13(15)11-22-7-5-20-3-1-19-2-4-21-6-8-23-12-14/h9-10,17-18H,1-8,11-12H2. The van der Waals surface area contributed by atoms with Crippen LogP contribution >= 0.6 is 0 Å². The summed E-state index contributed by atoms with van der Waals surface area (Å²) >= 11 is 0. The van der Waals surface area contributed by atoms with Crippen molar-refractivity contribution >= 4 is 0 Å². The number of fused-ring (bicyclic) bond motifs is 2. The highest BCUT2D eigenvalue weighted by Gasteiger charge is 2.09. The maximum atomic E-state index is 9.86. The van der Waals surface area contributed by atoms with Gasteiger partial charge in [-0.2, -0.15) is 0 Å². The van der Waals surface area contributed by atoms with Crippen molar-refractivity contribution in [3.63, 3.8) is 0 Å². The third kappa shape index (κ3) is 6.72. The molecule has 23 heavy (non-hydrogen) atoms. The fraction of sp³-hybridized carbons (Fsp3) is 0.625. The molecule has 1 aliphatic rings. The first-order chi connectivity index (χ1) is 11.3. The summed E-state index contributed by atoms with van der Waals surface area (Å²) in [4.78, 5) is 0. The van der Waals surface area contributed by atoms with Gasteiger partial charge >= 0.3 is 0 Å². The molecule has 0 unspecified atom stereocenters. The molecule has 7 nitrogen and oxygen atoms in total. The first-order valence-corrected chi connectivity index (χ1v) is 7.70. The largest absolute Gasteiger partial charge is 0.507 e. The van der Waals surface area contributed by atoms with E-state index in [1.807, 2.05) is 0 Å².